The zero-order valence-corrected chi connectivity index (χ0v) is 20.0. The predicted molar refractivity (Wildman–Crippen MR) is 123 cm³/mol. The minimum Gasteiger partial charge on any atom is -0.462 e. The van der Waals surface area contributed by atoms with Gasteiger partial charge in [0.1, 0.15) is 5.00 Å². The highest BCUT2D eigenvalue weighted by atomic mass is 32.2. The summed E-state index contributed by atoms with van der Waals surface area (Å²) < 4.78 is 32.7. The normalized spacial score (nSPS) is 11.8. The molecule has 8 nitrogen and oxygen atoms in total. The van der Waals surface area contributed by atoms with Crippen LogP contribution in [0.25, 0.3) is 0 Å². The molecule has 3 N–H and O–H groups in total. The van der Waals surface area contributed by atoms with Crippen LogP contribution in [-0.2, 0) is 26.0 Å². The molecule has 0 saturated carbocycles. The molecule has 1 aromatic carbocycles. The molecule has 0 spiro atoms. The number of anilines is 2. The lowest BCUT2D eigenvalue weighted by Crippen LogP contribution is -2.40. The maximum atomic E-state index is 12.5. The maximum Gasteiger partial charge on any atom is 0.341 e. The Kier molecular flexibility index (Phi) is 8.21. The van der Waals surface area contributed by atoms with Gasteiger partial charge in [-0.3, -0.25) is 4.79 Å². The van der Waals surface area contributed by atoms with Crippen molar-refractivity contribution in [1.29, 1.82) is 0 Å². The Bertz CT molecular complexity index is 1040. The number of aryl methyl sites for hydroxylation is 1. The number of carbonyl (C=O) groups excluding carboxylic acids is 2. The second-order valence-electron chi connectivity index (χ2n) is 7.81. The number of sulfonamides is 1. The summed E-state index contributed by atoms with van der Waals surface area (Å²) in [4.78, 5) is 25.6. The molecule has 2 rings (SSSR count). The molecule has 10 heteroatoms. The van der Waals surface area contributed by atoms with Gasteiger partial charge in [-0.15, -0.1) is 11.3 Å². The summed E-state index contributed by atoms with van der Waals surface area (Å²) in [5, 5.41) is 6.09. The highest BCUT2D eigenvalue weighted by Crippen LogP contribution is 2.29. The molecule has 0 fully saturated rings. The van der Waals surface area contributed by atoms with Crippen LogP contribution in [-0.4, -0.2) is 39.0 Å². The van der Waals surface area contributed by atoms with E-state index in [0.29, 0.717) is 16.3 Å². The topological polar surface area (TPSA) is 114 Å². The highest BCUT2D eigenvalue weighted by molar-refractivity contribution is 7.89. The Hall–Kier alpha value is -2.43. The molecule has 0 radical (unpaired) electrons. The number of hydrogen-bond donors (Lipinski definition) is 3. The van der Waals surface area contributed by atoms with Crippen LogP contribution >= 0.6 is 11.3 Å². The largest absolute Gasteiger partial charge is 0.462 e. The monoisotopic (exact) mass is 467 g/mol. The third kappa shape index (κ3) is 7.34. The summed E-state index contributed by atoms with van der Waals surface area (Å²) in [6, 6.07) is 7.95. The van der Waals surface area contributed by atoms with Crippen LogP contribution in [0.5, 0.6) is 0 Å². The van der Waals surface area contributed by atoms with Crippen molar-refractivity contribution in [3.05, 3.63) is 40.8 Å². The van der Waals surface area contributed by atoms with Gasteiger partial charge in [0.15, 0.2) is 0 Å². The van der Waals surface area contributed by atoms with Crippen molar-refractivity contribution in [1.82, 2.24) is 4.72 Å². The summed E-state index contributed by atoms with van der Waals surface area (Å²) in [5.74, 6) is -0.845. The molecule has 0 saturated heterocycles. The minimum atomic E-state index is -3.69. The fourth-order valence-corrected chi connectivity index (χ4v) is 5.12. The van der Waals surface area contributed by atoms with Gasteiger partial charge in [0.2, 0.25) is 15.9 Å². The van der Waals surface area contributed by atoms with Crippen LogP contribution in [0, 0.1) is 0 Å². The standard InChI is InChI=1S/C21H29N3O5S2/c1-6-15-12-17(20(26)29-7-2)19(30-15)23-18(25)13-22-14-9-8-10-16(11-14)31(27,28)24-21(3,4)5/h8-12,22,24H,6-7,13H2,1-5H3,(H,23,25). The molecule has 31 heavy (non-hydrogen) atoms. The third-order valence-electron chi connectivity index (χ3n) is 3.92. The van der Waals surface area contributed by atoms with Crippen LogP contribution in [0.3, 0.4) is 0 Å². The zero-order chi connectivity index (χ0) is 23.2. The summed E-state index contributed by atoms with van der Waals surface area (Å²) in [7, 11) is -3.69. The van der Waals surface area contributed by atoms with Gasteiger partial charge < -0.3 is 15.4 Å². The van der Waals surface area contributed by atoms with Crippen LogP contribution in [0.15, 0.2) is 35.2 Å². The van der Waals surface area contributed by atoms with Gasteiger partial charge in [-0.2, -0.15) is 0 Å². The van der Waals surface area contributed by atoms with Crippen molar-refractivity contribution in [3.8, 4) is 0 Å². The molecule has 0 unspecified atom stereocenters. The van der Waals surface area contributed by atoms with Crippen molar-refractivity contribution >= 4 is 43.9 Å². The number of benzene rings is 1. The lowest BCUT2D eigenvalue weighted by atomic mass is 10.1. The first kappa shape index (κ1) is 24.8. The molecule has 0 aliphatic carbocycles. The van der Waals surface area contributed by atoms with E-state index in [1.54, 1.807) is 45.9 Å². The Morgan fingerprint density at radius 3 is 2.45 bits per heavy atom. The average molecular weight is 468 g/mol. The summed E-state index contributed by atoms with van der Waals surface area (Å²) in [6.07, 6.45) is 0.731. The van der Waals surface area contributed by atoms with E-state index in [4.69, 9.17) is 4.74 Å². The van der Waals surface area contributed by atoms with Crippen LogP contribution in [0.1, 0.15) is 49.9 Å². The van der Waals surface area contributed by atoms with Crippen molar-refractivity contribution in [3.63, 3.8) is 0 Å². The van der Waals surface area contributed by atoms with Crippen molar-refractivity contribution in [2.75, 3.05) is 23.8 Å². The molecule has 1 aromatic heterocycles. The van der Waals surface area contributed by atoms with Gasteiger partial charge >= 0.3 is 5.97 Å². The minimum absolute atomic E-state index is 0.0994. The highest BCUT2D eigenvalue weighted by Gasteiger charge is 2.22. The number of esters is 1. The average Bonchev–Trinajstić information content (AvgIpc) is 3.08. The molecular weight excluding hydrogens is 438 g/mol. The third-order valence-corrected chi connectivity index (χ3v) is 6.87. The fraction of sp³-hybridized carbons (Fsp3) is 0.429. The van der Waals surface area contributed by atoms with Crippen LogP contribution < -0.4 is 15.4 Å². The number of ether oxygens (including phenoxy) is 1. The van der Waals surface area contributed by atoms with Gasteiger partial charge in [-0.05, 0) is 58.4 Å². The SMILES string of the molecule is CCOC(=O)c1cc(CC)sc1NC(=O)CNc1cccc(S(=O)(=O)NC(C)(C)C)c1. The molecule has 0 aliphatic heterocycles. The molecule has 0 aliphatic rings. The Morgan fingerprint density at radius 2 is 1.84 bits per heavy atom. The predicted octanol–water partition coefficient (Wildman–Crippen LogP) is 3.61. The number of hydrogen-bond acceptors (Lipinski definition) is 7. The van der Waals surface area contributed by atoms with E-state index in [1.165, 1.54) is 23.5 Å². The van der Waals surface area contributed by atoms with E-state index in [9.17, 15) is 18.0 Å². The molecule has 1 heterocycles. The summed E-state index contributed by atoms with van der Waals surface area (Å²) in [6.45, 7) is 9.11. The fourth-order valence-electron chi connectivity index (χ4n) is 2.66. The Labute approximate surface area is 187 Å². The quantitative estimate of drug-likeness (QED) is 0.486. The van der Waals surface area contributed by atoms with Gasteiger partial charge in [0, 0.05) is 16.1 Å². The van der Waals surface area contributed by atoms with E-state index in [2.05, 4.69) is 15.4 Å². The van der Waals surface area contributed by atoms with Gasteiger partial charge in [0.05, 0.1) is 23.6 Å². The number of carbonyl (C=O) groups is 2. The second kappa shape index (κ2) is 10.3. The van der Waals surface area contributed by atoms with E-state index < -0.39 is 21.5 Å². The number of nitrogens with one attached hydrogen (secondary N) is 3. The van der Waals surface area contributed by atoms with E-state index in [0.717, 1.165) is 11.3 Å². The first-order chi connectivity index (χ1) is 14.4. The van der Waals surface area contributed by atoms with Gasteiger partial charge in [0.25, 0.3) is 0 Å². The summed E-state index contributed by atoms with van der Waals surface area (Å²) in [5.41, 5.74) is 0.202. The zero-order valence-electron chi connectivity index (χ0n) is 18.4. The van der Waals surface area contributed by atoms with E-state index >= 15 is 0 Å². The van der Waals surface area contributed by atoms with Crippen molar-refractivity contribution < 1.29 is 22.7 Å². The lowest BCUT2D eigenvalue weighted by molar-refractivity contribution is -0.114. The Morgan fingerprint density at radius 1 is 1.13 bits per heavy atom. The molecular formula is C21H29N3O5S2. The van der Waals surface area contributed by atoms with Gasteiger partial charge in [-0.1, -0.05) is 13.0 Å². The van der Waals surface area contributed by atoms with Gasteiger partial charge in [-0.25, -0.2) is 17.9 Å². The summed E-state index contributed by atoms with van der Waals surface area (Å²) >= 11 is 1.33. The number of rotatable bonds is 9. The number of amides is 1. The van der Waals surface area contributed by atoms with Crippen molar-refractivity contribution in [2.45, 2.75) is 51.5 Å². The Balaban J connectivity index is 2.07. The number of thiophene rings is 1. The smallest absolute Gasteiger partial charge is 0.341 e. The first-order valence-corrected chi connectivity index (χ1v) is 12.2. The first-order valence-electron chi connectivity index (χ1n) is 9.92. The van der Waals surface area contributed by atoms with Crippen LogP contribution in [0.4, 0.5) is 10.7 Å². The maximum absolute atomic E-state index is 12.5. The molecule has 0 bridgehead atoms. The second-order valence-corrected chi connectivity index (χ2v) is 10.6. The molecule has 1 amide bonds. The molecule has 170 valence electrons. The van der Waals surface area contributed by atoms with E-state index in [-0.39, 0.29) is 24.0 Å². The molecule has 2 aromatic rings. The lowest BCUT2D eigenvalue weighted by Gasteiger charge is -2.20. The molecule has 0 atom stereocenters. The van der Waals surface area contributed by atoms with Crippen molar-refractivity contribution in [2.24, 2.45) is 0 Å². The van der Waals surface area contributed by atoms with Crippen LogP contribution in [0.2, 0.25) is 0 Å². The van der Waals surface area contributed by atoms with E-state index in [1.807, 2.05) is 6.92 Å².